The topological polar surface area (TPSA) is 0 Å². The Kier molecular flexibility index (Phi) is 0.827. The molecule has 1 aliphatic rings. The van der Waals surface area contributed by atoms with Crippen LogP contribution in [0.1, 0.15) is 0 Å². The van der Waals surface area contributed by atoms with Crippen LogP contribution in [0.25, 0.3) is 0 Å². The summed E-state index contributed by atoms with van der Waals surface area (Å²) in [6.45, 7) is 4.18. The van der Waals surface area contributed by atoms with E-state index in [2.05, 4.69) is 25.7 Å². The van der Waals surface area contributed by atoms with Gasteiger partial charge in [0.2, 0.25) is 0 Å². The Morgan fingerprint density at radius 2 is 2.60 bits per heavy atom. The second kappa shape index (κ2) is 1.34. The molecule has 0 radical (unpaired) electrons. The predicted octanol–water partition coefficient (Wildman–Crippen LogP) is 0.255. The average Bonchev–Trinajstić information content (AvgIpc) is 1.76. The van der Waals surface area contributed by atoms with Crippen molar-refractivity contribution in [3.63, 3.8) is 0 Å². The first-order valence-corrected chi connectivity index (χ1v) is 1.82. The molecule has 1 heterocycles. The van der Waals surface area contributed by atoms with Crippen molar-refractivity contribution in [1.29, 1.82) is 0 Å². The van der Waals surface area contributed by atoms with Crippen molar-refractivity contribution >= 4 is 13.6 Å². The van der Waals surface area contributed by atoms with E-state index in [-0.39, 0.29) is 0 Å². The van der Waals surface area contributed by atoms with Crippen molar-refractivity contribution in [2.75, 3.05) is 0 Å². The predicted molar refractivity (Wildman–Crippen MR) is 25.5 cm³/mol. The van der Waals surface area contributed by atoms with E-state index in [0.29, 0.717) is 0 Å². The first kappa shape index (κ1) is 3.08. The van der Waals surface area contributed by atoms with E-state index < -0.39 is 0 Å². The second-order valence-electron chi connectivity index (χ2n) is 1.09. The van der Waals surface area contributed by atoms with E-state index in [1.165, 1.54) is 0 Å². The van der Waals surface area contributed by atoms with E-state index in [4.69, 9.17) is 0 Å². The molecule has 1 aliphatic heterocycles. The van der Waals surface area contributed by atoms with Crippen LogP contribution in [0.3, 0.4) is 0 Å². The third kappa shape index (κ3) is 0.571. The monoisotopic (exact) mass is 62.0 g/mol. The fourth-order valence-electron chi connectivity index (χ4n) is 0.393. The van der Waals surface area contributed by atoms with Crippen LogP contribution < -0.4 is 0 Å². The molecule has 0 aromatic carbocycles. The first-order valence-electron chi connectivity index (χ1n) is 1.82. The molecule has 0 aromatic heterocycles. The molecule has 0 saturated carbocycles. The molecule has 0 aliphatic carbocycles. The normalized spacial score (nSPS) is 14.4. The van der Waals surface area contributed by atoms with E-state index in [1.54, 1.807) is 0 Å². The number of allylic oxidation sites excluding steroid dienone is 1. The van der Waals surface area contributed by atoms with Crippen molar-refractivity contribution in [3.8, 4) is 0 Å². The Bertz CT molecular complexity index is 63.0. The summed E-state index contributed by atoms with van der Waals surface area (Å²) < 4.78 is 0. The van der Waals surface area contributed by atoms with Gasteiger partial charge in [-0.15, -0.1) is 0 Å². The summed E-state index contributed by atoms with van der Waals surface area (Å²) in [5.41, 5.74) is 0. The summed E-state index contributed by atoms with van der Waals surface area (Å²) in [5, 5.41) is 0. The minimum atomic E-state index is 1.14. The van der Waals surface area contributed by atoms with Crippen LogP contribution in [0.5, 0.6) is 0 Å². The van der Waals surface area contributed by atoms with Gasteiger partial charge in [0.1, 0.15) is 0 Å². The van der Waals surface area contributed by atoms with Crippen molar-refractivity contribution in [2.45, 2.75) is 6.32 Å². The van der Waals surface area contributed by atoms with Gasteiger partial charge in [-0.25, -0.2) is 0 Å². The van der Waals surface area contributed by atoms with E-state index >= 15 is 0 Å². The van der Waals surface area contributed by atoms with Gasteiger partial charge in [0, 0.05) is 0 Å². The van der Waals surface area contributed by atoms with Crippen molar-refractivity contribution < 1.29 is 0 Å². The summed E-state index contributed by atoms with van der Waals surface area (Å²) in [7, 11) is 0. The van der Waals surface area contributed by atoms with Gasteiger partial charge in [0.05, 0.1) is 0 Å². The van der Waals surface area contributed by atoms with Crippen LogP contribution in [-0.2, 0) is 0 Å². The van der Waals surface area contributed by atoms with Crippen LogP contribution in [0, 0.1) is 0 Å². The molecule has 0 nitrogen and oxygen atoms in total. The molecule has 0 N–H and O–H groups in total. The Morgan fingerprint density at radius 1 is 1.60 bits per heavy atom. The van der Waals surface area contributed by atoms with Gasteiger partial charge in [-0.05, 0) is 0 Å². The van der Waals surface area contributed by atoms with Crippen LogP contribution in [0.4, 0.5) is 0 Å². The summed E-state index contributed by atoms with van der Waals surface area (Å²) in [6, 6.07) is 0. The van der Waals surface area contributed by atoms with Crippen LogP contribution in [0.15, 0.2) is 12.1 Å². The van der Waals surface area contributed by atoms with Gasteiger partial charge in [-0.1, -0.05) is 0 Å². The summed E-state index contributed by atoms with van der Waals surface area (Å²) in [5.74, 6) is 2.06. The number of hydrogen-bond acceptors (Lipinski definition) is 0. The van der Waals surface area contributed by atoms with Crippen LogP contribution in [0.2, 0.25) is 6.32 Å². The SMILES string of the molecule is B1=BCC=C1. The van der Waals surface area contributed by atoms with Crippen molar-refractivity contribution in [1.82, 2.24) is 0 Å². The number of hydrogen-bond donors (Lipinski definition) is 0. The molecule has 0 bridgehead atoms. The van der Waals surface area contributed by atoms with Gasteiger partial charge in [0.15, 0.2) is 0 Å². The third-order valence-electron chi connectivity index (χ3n) is 0.655. The maximum absolute atomic E-state index is 2.12. The minimum absolute atomic E-state index is 1.14. The molecule has 5 heavy (non-hydrogen) atoms. The zero-order chi connectivity index (χ0) is 3.54. The van der Waals surface area contributed by atoms with E-state index in [9.17, 15) is 0 Å². The Hall–Kier alpha value is -0.130. The molecule has 0 amide bonds. The molecule has 22 valence electrons. The molecular formula is C3H4B2. The van der Waals surface area contributed by atoms with Crippen LogP contribution in [-0.4, -0.2) is 13.6 Å². The zero-order valence-electron chi connectivity index (χ0n) is 3.02. The molecule has 0 unspecified atom stereocenters. The Morgan fingerprint density at radius 3 is 2.80 bits per heavy atom. The number of rotatable bonds is 0. The molecule has 0 spiro atoms. The molecule has 0 aromatic rings. The quantitative estimate of drug-likeness (QED) is 0.353. The van der Waals surface area contributed by atoms with Gasteiger partial charge >= 0.3 is 32.0 Å². The van der Waals surface area contributed by atoms with Gasteiger partial charge < -0.3 is 0 Å². The first-order chi connectivity index (χ1) is 2.50. The molecule has 0 atom stereocenters. The average molecular weight is 61.7 g/mol. The fraction of sp³-hybridized carbons (Fsp3) is 0.333. The van der Waals surface area contributed by atoms with Crippen molar-refractivity contribution in [2.24, 2.45) is 0 Å². The maximum atomic E-state index is 2.12. The van der Waals surface area contributed by atoms with Gasteiger partial charge in [-0.3, -0.25) is 0 Å². The Labute approximate surface area is 33.0 Å². The zero-order valence-corrected chi connectivity index (χ0v) is 3.02. The summed E-state index contributed by atoms with van der Waals surface area (Å²) >= 11 is 0. The molecule has 0 saturated heterocycles. The summed E-state index contributed by atoms with van der Waals surface area (Å²) in [6.07, 6.45) is 3.26. The van der Waals surface area contributed by atoms with Gasteiger partial charge in [0.25, 0.3) is 0 Å². The van der Waals surface area contributed by atoms with Crippen molar-refractivity contribution in [3.05, 3.63) is 12.1 Å². The van der Waals surface area contributed by atoms with Gasteiger partial charge in [-0.2, -0.15) is 0 Å². The third-order valence-corrected chi connectivity index (χ3v) is 0.655. The standard InChI is InChI=1S/C3H4B2/c1-2-4-5-3-1/h1-2H,3H2. The molecular weight excluding hydrogens is 57.7 g/mol. The Balaban J connectivity index is 2.61. The second-order valence-corrected chi connectivity index (χ2v) is 1.09. The molecule has 0 fully saturated rings. The summed E-state index contributed by atoms with van der Waals surface area (Å²) in [4.78, 5) is 0. The van der Waals surface area contributed by atoms with E-state index in [1.807, 2.05) is 0 Å². The fourth-order valence-corrected chi connectivity index (χ4v) is 0.393. The molecule has 1 rings (SSSR count). The van der Waals surface area contributed by atoms with Crippen LogP contribution >= 0.6 is 0 Å². The van der Waals surface area contributed by atoms with E-state index in [0.717, 1.165) is 6.32 Å². The molecule has 2 heteroatoms.